The fourth-order valence-electron chi connectivity index (χ4n) is 2.37. The zero-order valence-electron chi connectivity index (χ0n) is 11.2. The summed E-state index contributed by atoms with van der Waals surface area (Å²) in [6.45, 7) is 6.47. The van der Waals surface area contributed by atoms with Crippen molar-refractivity contribution >= 4 is 28.1 Å². The fraction of sp³-hybridized carbons (Fsp3) is 0.267. The van der Waals surface area contributed by atoms with Crippen LogP contribution in [0.2, 0.25) is 0 Å². The third-order valence-corrected chi connectivity index (χ3v) is 4.26. The van der Waals surface area contributed by atoms with Crippen molar-refractivity contribution in [1.29, 1.82) is 0 Å². The summed E-state index contributed by atoms with van der Waals surface area (Å²) in [6.07, 6.45) is 3.47. The summed E-state index contributed by atoms with van der Waals surface area (Å²) in [7, 11) is 0. The molecule has 98 valence electrons. The lowest BCUT2D eigenvalue weighted by atomic mass is 10.1. The molecule has 0 saturated carbocycles. The number of pyridine rings is 1. The van der Waals surface area contributed by atoms with Crippen molar-refractivity contribution in [2.75, 3.05) is 5.32 Å². The molecule has 0 saturated heterocycles. The van der Waals surface area contributed by atoms with E-state index in [1.54, 1.807) is 12.5 Å². The number of anilines is 1. The van der Waals surface area contributed by atoms with Gasteiger partial charge in [0.15, 0.2) is 0 Å². The van der Waals surface area contributed by atoms with Gasteiger partial charge in [-0.1, -0.05) is 0 Å². The number of aryl methyl sites for hydroxylation is 2. The average molecular weight is 272 g/mol. The summed E-state index contributed by atoms with van der Waals surface area (Å²) >= 11 is 1.83. The first-order valence-corrected chi connectivity index (χ1v) is 7.12. The standard InChI is InChI=1S/C15H16N2OS/c1-9-8-13(11(3)19-9)10(2)17-15-12-5-7-18-14(12)4-6-16-15/h4-8,10H,1-3H3,(H,16,17). The second kappa shape index (κ2) is 4.70. The molecule has 0 radical (unpaired) electrons. The van der Waals surface area contributed by atoms with E-state index < -0.39 is 0 Å². The van der Waals surface area contributed by atoms with Crippen LogP contribution in [0.1, 0.15) is 28.3 Å². The van der Waals surface area contributed by atoms with Crippen LogP contribution >= 0.6 is 11.3 Å². The number of nitrogens with zero attached hydrogens (tertiary/aromatic N) is 1. The van der Waals surface area contributed by atoms with Gasteiger partial charge in [-0.2, -0.15) is 0 Å². The molecule has 3 rings (SSSR count). The van der Waals surface area contributed by atoms with Gasteiger partial charge in [-0.25, -0.2) is 4.98 Å². The Labute approximate surface area is 116 Å². The predicted molar refractivity (Wildman–Crippen MR) is 79.8 cm³/mol. The second-order valence-corrected chi connectivity index (χ2v) is 6.19. The minimum Gasteiger partial charge on any atom is -0.464 e. The Morgan fingerprint density at radius 3 is 2.89 bits per heavy atom. The Morgan fingerprint density at radius 1 is 1.32 bits per heavy atom. The molecular weight excluding hydrogens is 256 g/mol. The molecule has 0 bridgehead atoms. The molecule has 4 heteroatoms. The Balaban J connectivity index is 1.92. The number of thiophene rings is 1. The first kappa shape index (κ1) is 12.2. The topological polar surface area (TPSA) is 38.1 Å². The van der Waals surface area contributed by atoms with Crippen LogP contribution in [-0.2, 0) is 0 Å². The van der Waals surface area contributed by atoms with Gasteiger partial charge in [0.05, 0.1) is 17.7 Å². The maximum atomic E-state index is 5.40. The molecule has 0 fully saturated rings. The van der Waals surface area contributed by atoms with Crippen molar-refractivity contribution in [3.63, 3.8) is 0 Å². The first-order chi connectivity index (χ1) is 9.15. The van der Waals surface area contributed by atoms with Crippen molar-refractivity contribution < 1.29 is 4.42 Å². The molecule has 3 nitrogen and oxygen atoms in total. The quantitative estimate of drug-likeness (QED) is 0.752. The van der Waals surface area contributed by atoms with Gasteiger partial charge in [-0.3, -0.25) is 0 Å². The van der Waals surface area contributed by atoms with Gasteiger partial charge >= 0.3 is 0 Å². The lowest BCUT2D eigenvalue weighted by Crippen LogP contribution is -2.08. The van der Waals surface area contributed by atoms with Gasteiger partial charge in [0, 0.05) is 16.0 Å². The maximum absolute atomic E-state index is 5.40. The largest absolute Gasteiger partial charge is 0.464 e. The minimum atomic E-state index is 0.234. The van der Waals surface area contributed by atoms with Crippen LogP contribution in [0, 0.1) is 13.8 Å². The highest BCUT2D eigenvalue weighted by atomic mass is 32.1. The number of hydrogen-bond donors (Lipinski definition) is 1. The summed E-state index contributed by atoms with van der Waals surface area (Å²) in [6, 6.07) is 6.31. The molecule has 0 amide bonds. The highest BCUT2D eigenvalue weighted by Gasteiger charge is 2.13. The lowest BCUT2D eigenvalue weighted by Gasteiger charge is -2.15. The molecule has 3 aromatic rings. The van der Waals surface area contributed by atoms with Crippen LogP contribution in [0.4, 0.5) is 5.82 Å². The van der Waals surface area contributed by atoms with Crippen molar-refractivity contribution in [3.05, 3.63) is 46.0 Å². The molecule has 0 spiro atoms. The molecule has 1 unspecified atom stereocenters. The van der Waals surface area contributed by atoms with Gasteiger partial charge < -0.3 is 9.73 Å². The van der Waals surface area contributed by atoms with Crippen molar-refractivity contribution in [3.8, 4) is 0 Å². The Morgan fingerprint density at radius 2 is 2.16 bits per heavy atom. The molecule has 3 heterocycles. The van der Waals surface area contributed by atoms with E-state index in [-0.39, 0.29) is 6.04 Å². The molecule has 1 atom stereocenters. The molecular formula is C15H16N2OS. The van der Waals surface area contributed by atoms with Gasteiger partial charge in [0.25, 0.3) is 0 Å². The van der Waals surface area contributed by atoms with E-state index in [9.17, 15) is 0 Å². The Kier molecular flexibility index (Phi) is 3.03. The molecule has 0 aliphatic heterocycles. The van der Waals surface area contributed by atoms with Gasteiger partial charge in [0.2, 0.25) is 0 Å². The highest BCUT2D eigenvalue weighted by molar-refractivity contribution is 7.12. The lowest BCUT2D eigenvalue weighted by molar-refractivity contribution is 0.615. The van der Waals surface area contributed by atoms with E-state index in [2.05, 4.69) is 37.1 Å². The van der Waals surface area contributed by atoms with E-state index in [4.69, 9.17) is 4.42 Å². The number of rotatable bonds is 3. The normalized spacial score (nSPS) is 12.8. The molecule has 0 aliphatic carbocycles. The van der Waals surface area contributed by atoms with Crippen LogP contribution in [-0.4, -0.2) is 4.98 Å². The van der Waals surface area contributed by atoms with Crippen LogP contribution in [0.3, 0.4) is 0 Å². The van der Waals surface area contributed by atoms with E-state index in [0.717, 1.165) is 16.8 Å². The van der Waals surface area contributed by atoms with E-state index >= 15 is 0 Å². The van der Waals surface area contributed by atoms with Gasteiger partial charge in [-0.05, 0) is 44.5 Å². The van der Waals surface area contributed by atoms with Crippen LogP contribution < -0.4 is 5.32 Å². The van der Waals surface area contributed by atoms with E-state index in [0.29, 0.717) is 0 Å². The molecule has 0 aliphatic rings. The first-order valence-electron chi connectivity index (χ1n) is 6.31. The summed E-state index contributed by atoms with van der Waals surface area (Å²) in [5.74, 6) is 0.877. The van der Waals surface area contributed by atoms with Crippen molar-refractivity contribution in [2.45, 2.75) is 26.8 Å². The summed E-state index contributed by atoms with van der Waals surface area (Å²) < 4.78 is 5.40. The molecule has 0 aromatic carbocycles. The van der Waals surface area contributed by atoms with Gasteiger partial charge in [-0.15, -0.1) is 11.3 Å². The Hall–Kier alpha value is -1.81. The summed E-state index contributed by atoms with van der Waals surface area (Å²) in [5, 5.41) is 4.50. The zero-order valence-corrected chi connectivity index (χ0v) is 12.0. The van der Waals surface area contributed by atoms with Crippen LogP contribution in [0.25, 0.3) is 11.0 Å². The van der Waals surface area contributed by atoms with Crippen molar-refractivity contribution in [1.82, 2.24) is 4.98 Å². The SMILES string of the molecule is Cc1cc(C(C)Nc2nccc3occc23)c(C)s1. The summed E-state index contributed by atoms with van der Waals surface area (Å²) in [5.41, 5.74) is 2.20. The predicted octanol–water partition coefficient (Wildman–Crippen LogP) is 4.68. The third-order valence-electron chi connectivity index (χ3n) is 3.28. The smallest absolute Gasteiger partial charge is 0.139 e. The maximum Gasteiger partial charge on any atom is 0.139 e. The molecule has 1 N–H and O–H groups in total. The average Bonchev–Trinajstić information content (AvgIpc) is 2.96. The Bertz CT molecular complexity index is 714. The number of fused-ring (bicyclic) bond motifs is 1. The fourth-order valence-corrected chi connectivity index (χ4v) is 3.40. The van der Waals surface area contributed by atoms with E-state index in [1.165, 1.54) is 15.3 Å². The second-order valence-electron chi connectivity index (χ2n) is 4.73. The number of nitrogens with one attached hydrogen (secondary N) is 1. The van der Waals surface area contributed by atoms with Crippen LogP contribution in [0.5, 0.6) is 0 Å². The van der Waals surface area contributed by atoms with Gasteiger partial charge in [0.1, 0.15) is 11.4 Å². The zero-order chi connectivity index (χ0) is 13.4. The minimum absolute atomic E-state index is 0.234. The van der Waals surface area contributed by atoms with Crippen molar-refractivity contribution in [2.24, 2.45) is 0 Å². The van der Waals surface area contributed by atoms with Crippen LogP contribution in [0.15, 0.2) is 35.1 Å². The number of hydrogen-bond acceptors (Lipinski definition) is 4. The highest BCUT2D eigenvalue weighted by Crippen LogP contribution is 2.30. The number of aromatic nitrogens is 1. The monoisotopic (exact) mass is 272 g/mol. The van der Waals surface area contributed by atoms with E-state index in [1.807, 2.05) is 23.5 Å². The molecule has 3 aromatic heterocycles. The molecule has 19 heavy (non-hydrogen) atoms. The number of furan rings is 1. The summed E-state index contributed by atoms with van der Waals surface area (Å²) in [4.78, 5) is 7.11. The third kappa shape index (κ3) is 2.24.